The molecule has 0 spiro atoms. The molecule has 1 atom stereocenters. The van der Waals surface area contributed by atoms with Crippen LogP contribution in [0.5, 0.6) is 0 Å². The fraction of sp³-hybridized carbons (Fsp3) is 0.385. The van der Waals surface area contributed by atoms with Crippen LogP contribution in [0.2, 0.25) is 0 Å². The van der Waals surface area contributed by atoms with Crippen molar-refractivity contribution in [3.05, 3.63) is 35.9 Å². The Hall–Kier alpha value is -1.68. The molecular formula is C13H16N2O2. The van der Waals surface area contributed by atoms with Crippen molar-refractivity contribution in [3.63, 3.8) is 0 Å². The van der Waals surface area contributed by atoms with Crippen molar-refractivity contribution < 1.29 is 9.59 Å². The first-order chi connectivity index (χ1) is 8.16. The molecular weight excluding hydrogens is 216 g/mol. The summed E-state index contributed by atoms with van der Waals surface area (Å²) in [5.41, 5.74) is 7.09. The van der Waals surface area contributed by atoms with Crippen molar-refractivity contribution >= 4 is 11.8 Å². The molecule has 0 saturated carbocycles. The van der Waals surface area contributed by atoms with Gasteiger partial charge < -0.3 is 5.73 Å². The van der Waals surface area contributed by atoms with Crippen molar-refractivity contribution in [2.24, 2.45) is 5.73 Å². The Morgan fingerprint density at radius 2 is 1.71 bits per heavy atom. The Morgan fingerprint density at radius 1 is 1.12 bits per heavy atom. The quantitative estimate of drug-likeness (QED) is 0.777. The summed E-state index contributed by atoms with van der Waals surface area (Å²) in [7, 11) is 0. The van der Waals surface area contributed by atoms with Gasteiger partial charge in [-0.25, -0.2) is 0 Å². The van der Waals surface area contributed by atoms with Gasteiger partial charge in [-0.2, -0.15) is 0 Å². The van der Waals surface area contributed by atoms with Crippen molar-refractivity contribution in [2.45, 2.75) is 25.3 Å². The van der Waals surface area contributed by atoms with Gasteiger partial charge in [0, 0.05) is 25.4 Å². The molecule has 1 fully saturated rings. The topological polar surface area (TPSA) is 63.4 Å². The maximum absolute atomic E-state index is 11.4. The lowest BCUT2D eigenvalue weighted by Crippen LogP contribution is -2.41. The summed E-state index contributed by atoms with van der Waals surface area (Å²) in [4.78, 5) is 24.1. The van der Waals surface area contributed by atoms with E-state index in [1.165, 1.54) is 4.90 Å². The van der Waals surface area contributed by atoms with E-state index in [1.807, 2.05) is 30.3 Å². The predicted molar refractivity (Wildman–Crippen MR) is 64.1 cm³/mol. The number of rotatable bonds is 4. The van der Waals surface area contributed by atoms with Gasteiger partial charge in [0.05, 0.1) is 0 Å². The molecule has 90 valence electrons. The summed E-state index contributed by atoms with van der Waals surface area (Å²) >= 11 is 0. The van der Waals surface area contributed by atoms with Gasteiger partial charge in [-0.15, -0.1) is 0 Å². The fourth-order valence-corrected chi connectivity index (χ4v) is 2.04. The highest BCUT2D eigenvalue weighted by Crippen LogP contribution is 2.12. The number of benzene rings is 1. The van der Waals surface area contributed by atoms with Gasteiger partial charge in [-0.3, -0.25) is 14.5 Å². The molecule has 1 saturated heterocycles. The number of hydrogen-bond donors (Lipinski definition) is 1. The number of amides is 2. The van der Waals surface area contributed by atoms with Crippen LogP contribution in [0.3, 0.4) is 0 Å². The lowest BCUT2D eigenvalue weighted by Gasteiger charge is -2.19. The van der Waals surface area contributed by atoms with Crippen LogP contribution in [0.4, 0.5) is 0 Å². The number of carbonyl (C=O) groups excluding carboxylic acids is 2. The van der Waals surface area contributed by atoms with Gasteiger partial charge in [0.15, 0.2) is 0 Å². The number of carbonyl (C=O) groups is 2. The number of nitrogens with zero attached hydrogens (tertiary/aromatic N) is 1. The van der Waals surface area contributed by atoms with Crippen LogP contribution >= 0.6 is 0 Å². The monoisotopic (exact) mass is 232 g/mol. The molecule has 0 radical (unpaired) electrons. The zero-order valence-electron chi connectivity index (χ0n) is 9.63. The molecule has 1 aliphatic heterocycles. The van der Waals surface area contributed by atoms with E-state index in [2.05, 4.69) is 0 Å². The van der Waals surface area contributed by atoms with Crippen LogP contribution in [0.1, 0.15) is 18.4 Å². The average Bonchev–Trinajstić information content (AvgIpc) is 2.62. The van der Waals surface area contributed by atoms with Crippen LogP contribution in [0.15, 0.2) is 30.3 Å². The zero-order chi connectivity index (χ0) is 12.3. The third kappa shape index (κ3) is 2.91. The largest absolute Gasteiger partial charge is 0.326 e. The molecule has 4 nitrogen and oxygen atoms in total. The lowest BCUT2D eigenvalue weighted by molar-refractivity contribution is -0.138. The summed E-state index contributed by atoms with van der Waals surface area (Å²) < 4.78 is 0. The molecule has 1 aliphatic rings. The minimum atomic E-state index is -0.191. The van der Waals surface area contributed by atoms with Gasteiger partial charge in [0.25, 0.3) is 0 Å². The molecule has 2 amide bonds. The normalized spacial score (nSPS) is 17.6. The Labute approximate surface area is 100 Å². The van der Waals surface area contributed by atoms with Crippen molar-refractivity contribution in [1.82, 2.24) is 4.90 Å². The van der Waals surface area contributed by atoms with E-state index in [9.17, 15) is 9.59 Å². The molecule has 2 N–H and O–H groups in total. The smallest absolute Gasteiger partial charge is 0.229 e. The molecule has 17 heavy (non-hydrogen) atoms. The number of likely N-dealkylation sites (tertiary alicyclic amines) is 1. The average molecular weight is 232 g/mol. The number of hydrogen-bond acceptors (Lipinski definition) is 3. The zero-order valence-corrected chi connectivity index (χ0v) is 9.63. The van der Waals surface area contributed by atoms with E-state index in [0.29, 0.717) is 25.8 Å². The highest BCUT2D eigenvalue weighted by atomic mass is 16.2. The highest BCUT2D eigenvalue weighted by Gasteiger charge is 2.29. The molecule has 1 unspecified atom stereocenters. The first-order valence-corrected chi connectivity index (χ1v) is 5.79. The molecule has 2 rings (SSSR count). The minimum Gasteiger partial charge on any atom is -0.326 e. The van der Waals surface area contributed by atoms with Crippen molar-refractivity contribution in [3.8, 4) is 0 Å². The van der Waals surface area contributed by atoms with E-state index in [1.54, 1.807) is 0 Å². The van der Waals surface area contributed by atoms with Gasteiger partial charge in [-0.1, -0.05) is 30.3 Å². The van der Waals surface area contributed by atoms with Crippen molar-refractivity contribution in [2.75, 3.05) is 6.54 Å². The molecule has 4 heteroatoms. The van der Waals surface area contributed by atoms with Gasteiger partial charge in [0.1, 0.15) is 0 Å². The van der Waals surface area contributed by atoms with Crippen molar-refractivity contribution in [1.29, 1.82) is 0 Å². The summed E-state index contributed by atoms with van der Waals surface area (Å²) in [6.07, 6.45) is 1.34. The standard InChI is InChI=1S/C13H16N2O2/c14-11(8-10-4-2-1-3-5-10)9-15-12(16)6-7-13(15)17/h1-5,11H,6-9,14H2. The summed E-state index contributed by atoms with van der Waals surface area (Å²) in [5.74, 6) is -0.197. The van der Waals surface area contributed by atoms with Crippen LogP contribution in [-0.4, -0.2) is 29.3 Å². The Bertz CT molecular complexity index is 401. The minimum absolute atomic E-state index is 0.0986. The molecule has 0 aliphatic carbocycles. The second-order valence-electron chi connectivity index (χ2n) is 4.35. The summed E-state index contributed by atoms with van der Waals surface area (Å²) in [6, 6.07) is 9.65. The SMILES string of the molecule is NC(Cc1ccccc1)CN1C(=O)CCC1=O. The molecule has 0 bridgehead atoms. The van der Waals surface area contributed by atoms with Crippen LogP contribution in [0.25, 0.3) is 0 Å². The lowest BCUT2D eigenvalue weighted by atomic mass is 10.1. The number of nitrogens with two attached hydrogens (primary N) is 1. The van der Waals surface area contributed by atoms with Crippen LogP contribution in [0, 0.1) is 0 Å². The van der Waals surface area contributed by atoms with E-state index in [0.717, 1.165) is 5.56 Å². The van der Waals surface area contributed by atoms with Gasteiger partial charge >= 0.3 is 0 Å². The van der Waals surface area contributed by atoms with E-state index >= 15 is 0 Å². The molecule has 1 aromatic carbocycles. The summed E-state index contributed by atoms with van der Waals surface area (Å²) in [6.45, 7) is 0.326. The molecule has 0 aromatic heterocycles. The fourth-order valence-electron chi connectivity index (χ4n) is 2.04. The Morgan fingerprint density at radius 3 is 2.29 bits per heavy atom. The third-order valence-electron chi connectivity index (χ3n) is 2.91. The van der Waals surface area contributed by atoms with E-state index < -0.39 is 0 Å². The van der Waals surface area contributed by atoms with E-state index in [4.69, 9.17) is 5.73 Å². The van der Waals surface area contributed by atoms with Crippen LogP contribution < -0.4 is 5.73 Å². The first-order valence-electron chi connectivity index (χ1n) is 5.79. The predicted octanol–water partition coefficient (Wildman–Crippen LogP) is 0.705. The maximum atomic E-state index is 11.4. The van der Waals surface area contributed by atoms with Gasteiger partial charge in [-0.05, 0) is 12.0 Å². The second-order valence-corrected chi connectivity index (χ2v) is 4.35. The summed E-state index contributed by atoms with van der Waals surface area (Å²) in [5, 5.41) is 0. The third-order valence-corrected chi connectivity index (χ3v) is 2.91. The highest BCUT2D eigenvalue weighted by molar-refractivity contribution is 6.01. The second kappa shape index (κ2) is 5.10. The maximum Gasteiger partial charge on any atom is 0.229 e. The van der Waals surface area contributed by atoms with E-state index in [-0.39, 0.29) is 17.9 Å². The molecule has 1 aromatic rings. The molecule has 1 heterocycles. The Balaban J connectivity index is 1.91. The number of imide groups is 1. The van der Waals surface area contributed by atoms with Gasteiger partial charge in [0.2, 0.25) is 11.8 Å². The first kappa shape index (κ1) is 11.8. The van der Waals surface area contributed by atoms with Crippen LogP contribution in [-0.2, 0) is 16.0 Å². The Kier molecular flexibility index (Phi) is 3.54.